The summed E-state index contributed by atoms with van der Waals surface area (Å²) < 4.78 is 2.12. The normalized spacial score (nSPS) is 10.2. The van der Waals surface area contributed by atoms with Crippen LogP contribution in [0.25, 0.3) is 5.57 Å². The Morgan fingerprint density at radius 3 is 2.75 bits per heavy atom. The van der Waals surface area contributed by atoms with Crippen LogP contribution in [0.15, 0.2) is 12.8 Å². The molecule has 1 aromatic rings. The number of imidazole rings is 1. The van der Waals surface area contributed by atoms with E-state index in [1.54, 1.807) is 0 Å². The maximum absolute atomic E-state index is 4.33. The Morgan fingerprint density at radius 1 is 1.67 bits per heavy atom. The SMILES string of the molecule is C=C(C)c1cnc(CCC)n1C. The van der Waals surface area contributed by atoms with Gasteiger partial charge in [-0.25, -0.2) is 4.98 Å². The van der Waals surface area contributed by atoms with Crippen molar-refractivity contribution in [3.63, 3.8) is 0 Å². The average molecular weight is 164 g/mol. The molecule has 0 spiro atoms. The second-order valence-corrected chi connectivity index (χ2v) is 3.15. The molecule has 2 heteroatoms. The zero-order valence-electron chi connectivity index (χ0n) is 8.09. The first-order valence-electron chi connectivity index (χ1n) is 4.33. The third kappa shape index (κ3) is 1.58. The number of rotatable bonds is 3. The number of hydrogen-bond acceptors (Lipinski definition) is 1. The molecule has 0 unspecified atom stereocenters. The Bertz CT molecular complexity index is 284. The van der Waals surface area contributed by atoms with E-state index in [2.05, 4.69) is 23.1 Å². The highest BCUT2D eigenvalue weighted by atomic mass is 15.1. The number of aromatic nitrogens is 2. The van der Waals surface area contributed by atoms with Crippen molar-refractivity contribution in [1.82, 2.24) is 9.55 Å². The molecule has 0 aliphatic carbocycles. The predicted molar refractivity (Wildman–Crippen MR) is 51.9 cm³/mol. The molecule has 12 heavy (non-hydrogen) atoms. The zero-order chi connectivity index (χ0) is 9.14. The number of hydrogen-bond donors (Lipinski definition) is 0. The molecule has 0 aromatic carbocycles. The molecule has 2 nitrogen and oxygen atoms in total. The van der Waals surface area contributed by atoms with E-state index in [0.717, 1.165) is 29.9 Å². The van der Waals surface area contributed by atoms with Gasteiger partial charge in [0.1, 0.15) is 5.82 Å². The molecular formula is C10H16N2. The molecule has 0 fully saturated rings. The van der Waals surface area contributed by atoms with Crippen molar-refractivity contribution in [1.29, 1.82) is 0 Å². The molecule has 66 valence electrons. The van der Waals surface area contributed by atoms with Gasteiger partial charge >= 0.3 is 0 Å². The molecule has 0 saturated heterocycles. The van der Waals surface area contributed by atoms with Crippen molar-refractivity contribution in [3.8, 4) is 0 Å². The van der Waals surface area contributed by atoms with E-state index in [1.165, 1.54) is 0 Å². The van der Waals surface area contributed by atoms with Crippen molar-refractivity contribution in [2.45, 2.75) is 26.7 Å². The molecule has 0 saturated carbocycles. The van der Waals surface area contributed by atoms with Crippen LogP contribution in [0.3, 0.4) is 0 Å². The molecule has 0 bridgehead atoms. The van der Waals surface area contributed by atoms with Crippen LogP contribution < -0.4 is 0 Å². The molecule has 0 amide bonds. The first kappa shape index (κ1) is 9.04. The van der Waals surface area contributed by atoms with Gasteiger partial charge in [0.15, 0.2) is 0 Å². The van der Waals surface area contributed by atoms with Gasteiger partial charge < -0.3 is 4.57 Å². The van der Waals surface area contributed by atoms with E-state index in [4.69, 9.17) is 0 Å². The van der Waals surface area contributed by atoms with Crippen LogP contribution in [0.4, 0.5) is 0 Å². The summed E-state index contributed by atoms with van der Waals surface area (Å²) in [5.41, 5.74) is 2.21. The fourth-order valence-corrected chi connectivity index (χ4v) is 1.30. The molecule has 0 N–H and O–H groups in total. The van der Waals surface area contributed by atoms with Gasteiger partial charge in [-0.3, -0.25) is 0 Å². The Kier molecular flexibility index (Phi) is 2.69. The minimum Gasteiger partial charge on any atom is -0.331 e. The van der Waals surface area contributed by atoms with E-state index in [0.29, 0.717) is 0 Å². The second kappa shape index (κ2) is 3.57. The van der Waals surface area contributed by atoms with Gasteiger partial charge in [-0.1, -0.05) is 13.5 Å². The molecule has 1 rings (SSSR count). The van der Waals surface area contributed by atoms with Gasteiger partial charge in [0.05, 0.1) is 11.9 Å². The van der Waals surface area contributed by atoms with Crippen molar-refractivity contribution in [2.24, 2.45) is 7.05 Å². The van der Waals surface area contributed by atoms with Crippen molar-refractivity contribution >= 4 is 5.57 Å². The topological polar surface area (TPSA) is 17.8 Å². The summed E-state index contributed by atoms with van der Waals surface area (Å²) in [6, 6.07) is 0. The molecular weight excluding hydrogens is 148 g/mol. The second-order valence-electron chi connectivity index (χ2n) is 3.15. The van der Waals surface area contributed by atoms with E-state index in [9.17, 15) is 0 Å². The quantitative estimate of drug-likeness (QED) is 0.670. The molecule has 1 aromatic heterocycles. The highest BCUT2D eigenvalue weighted by Gasteiger charge is 2.04. The number of nitrogens with zero attached hydrogens (tertiary/aromatic N) is 2. The average Bonchev–Trinajstić information content (AvgIpc) is 2.34. The van der Waals surface area contributed by atoms with Crippen LogP contribution in [-0.2, 0) is 13.5 Å². The summed E-state index contributed by atoms with van der Waals surface area (Å²) >= 11 is 0. The molecule has 0 aliphatic rings. The molecule has 0 radical (unpaired) electrons. The molecule has 0 aliphatic heterocycles. The Morgan fingerprint density at radius 2 is 2.33 bits per heavy atom. The molecule has 1 heterocycles. The Balaban J connectivity index is 2.96. The lowest BCUT2D eigenvalue weighted by Crippen LogP contribution is -1.99. The highest BCUT2D eigenvalue weighted by Crippen LogP contribution is 2.12. The summed E-state index contributed by atoms with van der Waals surface area (Å²) in [7, 11) is 2.04. The van der Waals surface area contributed by atoms with E-state index in [-0.39, 0.29) is 0 Å². The Labute approximate surface area is 73.9 Å². The van der Waals surface area contributed by atoms with Gasteiger partial charge in [-0.15, -0.1) is 0 Å². The molecule has 0 atom stereocenters. The number of allylic oxidation sites excluding steroid dienone is 1. The third-order valence-corrected chi connectivity index (χ3v) is 2.00. The summed E-state index contributed by atoms with van der Waals surface area (Å²) in [5.74, 6) is 1.15. The minimum absolute atomic E-state index is 1.05. The van der Waals surface area contributed by atoms with E-state index < -0.39 is 0 Å². The van der Waals surface area contributed by atoms with Crippen molar-refractivity contribution < 1.29 is 0 Å². The summed E-state index contributed by atoms with van der Waals surface area (Å²) in [4.78, 5) is 4.33. The lowest BCUT2D eigenvalue weighted by Gasteiger charge is -2.03. The summed E-state index contributed by atoms with van der Waals surface area (Å²) in [6.07, 6.45) is 4.08. The summed E-state index contributed by atoms with van der Waals surface area (Å²) in [6.45, 7) is 8.07. The first-order chi connectivity index (χ1) is 5.66. The lowest BCUT2D eigenvalue weighted by atomic mass is 10.2. The smallest absolute Gasteiger partial charge is 0.108 e. The first-order valence-corrected chi connectivity index (χ1v) is 4.33. The van der Waals surface area contributed by atoms with Crippen LogP contribution >= 0.6 is 0 Å². The van der Waals surface area contributed by atoms with Crippen LogP contribution in [0.5, 0.6) is 0 Å². The van der Waals surface area contributed by atoms with E-state index in [1.807, 2.05) is 20.2 Å². The standard InChI is InChI=1S/C10H16N2/c1-5-6-10-11-7-9(8(2)3)12(10)4/h7H,2,5-6H2,1,3-4H3. The van der Waals surface area contributed by atoms with Gasteiger partial charge in [-0.2, -0.15) is 0 Å². The van der Waals surface area contributed by atoms with Crippen LogP contribution in [0.2, 0.25) is 0 Å². The summed E-state index contributed by atoms with van der Waals surface area (Å²) in [5, 5.41) is 0. The van der Waals surface area contributed by atoms with Gasteiger partial charge in [0.2, 0.25) is 0 Å². The van der Waals surface area contributed by atoms with Crippen LogP contribution in [-0.4, -0.2) is 9.55 Å². The maximum Gasteiger partial charge on any atom is 0.108 e. The minimum atomic E-state index is 1.05. The van der Waals surface area contributed by atoms with Gasteiger partial charge in [0, 0.05) is 13.5 Å². The monoisotopic (exact) mass is 164 g/mol. The highest BCUT2D eigenvalue weighted by molar-refractivity contribution is 5.57. The van der Waals surface area contributed by atoms with Crippen LogP contribution in [0.1, 0.15) is 31.8 Å². The van der Waals surface area contributed by atoms with Gasteiger partial charge in [-0.05, 0) is 18.9 Å². The number of aryl methyl sites for hydroxylation is 1. The lowest BCUT2D eigenvalue weighted by molar-refractivity contribution is 0.753. The predicted octanol–water partition coefficient (Wildman–Crippen LogP) is 2.41. The zero-order valence-corrected chi connectivity index (χ0v) is 8.09. The third-order valence-electron chi connectivity index (χ3n) is 2.00. The fraction of sp³-hybridized carbons (Fsp3) is 0.500. The maximum atomic E-state index is 4.33. The van der Waals surface area contributed by atoms with Gasteiger partial charge in [0.25, 0.3) is 0 Å². The largest absolute Gasteiger partial charge is 0.331 e. The van der Waals surface area contributed by atoms with E-state index >= 15 is 0 Å². The van der Waals surface area contributed by atoms with Crippen molar-refractivity contribution in [3.05, 3.63) is 24.3 Å². The Hall–Kier alpha value is -1.05. The van der Waals surface area contributed by atoms with Crippen molar-refractivity contribution in [2.75, 3.05) is 0 Å². The van der Waals surface area contributed by atoms with Crippen LogP contribution in [0, 0.1) is 0 Å². The fourth-order valence-electron chi connectivity index (χ4n) is 1.30.